The smallest absolute Gasteiger partial charge is 0.269 e. The van der Waals surface area contributed by atoms with E-state index in [2.05, 4.69) is 5.10 Å². The van der Waals surface area contributed by atoms with Crippen LogP contribution in [0.2, 0.25) is 0 Å². The van der Waals surface area contributed by atoms with E-state index >= 15 is 0 Å². The maximum Gasteiger partial charge on any atom is 0.269 e. The van der Waals surface area contributed by atoms with Gasteiger partial charge in [0, 0.05) is 17.1 Å². The van der Waals surface area contributed by atoms with Crippen molar-refractivity contribution in [2.45, 2.75) is 18.9 Å². The van der Waals surface area contributed by atoms with Crippen LogP contribution in [0.25, 0.3) is 0 Å². The molecule has 1 aliphatic heterocycles. The summed E-state index contributed by atoms with van der Waals surface area (Å²) in [7, 11) is 0. The molecule has 2 aromatic rings. The van der Waals surface area contributed by atoms with Crippen LogP contribution < -0.4 is 5.01 Å². The Morgan fingerprint density at radius 2 is 1.67 bits per heavy atom. The molecule has 1 fully saturated rings. The normalized spacial score (nSPS) is 26.2. The number of anilines is 1. The van der Waals surface area contributed by atoms with Crippen LogP contribution in [0.3, 0.4) is 0 Å². The fourth-order valence-corrected chi connectivity index (χ4v) is 3.96. The highest BCUT2D eigenvalue weighted by Gasteiger charge is 2.83. The van der Waals surface area contributed by atoms with Gasteiger partial charge in [0.2, 0.25) is 6.04 Å². The zero-order chi connectivity index (χ0) is 19.3. The molecule has 9 heteroatoms. The van der Waals surface area contributed by atoms with Crippen LogP contribution in [0.5, 0.6) is 0 Å². The van der Waals surface area contributed by atoms with E-state index in [1.165, 1.54) is 29.3 Å². The van der Waals surface area contributed by atoms with Crippen molar-refractivity contribution < 1.29 is 14.6 Å². The Morgan fingerprint density at radius 1 is 1.04 bits per heavy atom. The molecule has 0 aromatic heterocycles. The van der Waals surface area contributed by atoms with E-state index in [4.69, 9.17) is 0 Å². The number of hydrazone groups is 1. The van der Waals surface area contributed by atoms with Crippen molar-refractivity contribution in [1.82, 2.24) is 0 Å². The summed E-state index contributed by atoms with van der Waals surface area (Å²) in [6.07, 6.45) is 0. The maximum atomic E-state index is 13.2. The van der Waals surface area contributed by atoms with Crippen molar-refractivity contribution in [2.24, 2.45) is 10.5 Å². The molecule has 9 nitrogen and oxygen atoms in total. The molecule has 0 radical (unpaired) electrons. The number of rotatable bonds is 4. The summed E-state index contributed by atoms with van der Waals surface area (Å²) in [6.45, 7) is 1.61. The first-order valence-corrected chi connectivity index (χ1v) is 8.22. The van der Waals surface area contributed by atoms with E-state index in [0.29, 0.717) is 17.0 Å². The summed E-state index contributed by atoms with van der Waals surface area (Å²) in [5, 5.41) is 28.0. The molecule has 4 rings (SSSR count). The standard InChI is InChI=1S/C18H14N4O5/c1-11-18(17(23)20(19-11)13-5-3-2-4-6-13)15(16(18)22(26)27)12-7-9-14(10-8-12)21(24)25/h2-10,15-16H,1H3. The number of hydrogen-bond acceptors (Lipinski definition) is 6. The van der Waals surface area contributed by atoms with E-state index in [9.17, 15) is 25.0 Å². The van der Waals surface area contributed by atoms with E-state index in [-0.39, 0.29) is 5.69 Å². The Bertz CT molecular complexity index is 989. The van der Waals surface area contributed by atoms with Crippen molar-refractivity contribution in [3.8, 4) is 0 Å². The van der Waals surface area contributed by atoms with Gasteiger partial charge in [-0.1, -0.05) is 30.3 Å². The van der Waals surface area contributed by atoms with E-state index in [1.807, 2.05) is 0 Å². The second kappa shape index (κ2) is 5.70. The van der Waals surface area contributed by atoms with Gasteiger partial charge in [0.1, 0.15) is 0 Å². The number of carbonyl (C=O) groups excluding carboxylic acids is 1. The molecule has 3 atom stereocenters. The van der Waals surface area contributed by atoms with Crippen molar-refractivity contribution in [1.29, 1.82) is 0 Å². The van der Waals surface area contributed by atoms with Crippen LogP contribution >= 0.6 is 0 Å². The number of amides is 1. The molecule has 1 heterocycles. The summed E-state index contributed by atoms with van der Waals surface area (Å²) < 4.78 is 0. The lowest BCUT2D eigenvalue weighted by atomic mass is 9.94. The minimum Gasteiger partial charge on any atom is -0.271 e. The van der Waals surface area contributed by atoms with Gasteiger partial charge in [-0.25, -0.2) is 0 Å². The summed E-state index contributed by atoms with van der Waals surface area (Å²) in [5.41, 5.74) is -0.0352. The molecule has 1 amide bonds. The van der Waals surface area contributed by atoms with Gasteiger partial charge in [0.05, 0.1) is 22.2 Å². The van der Waals surface area contributed by atoms with Crippen LogP contribution in [0.1, 0.15) is 18.4 Å². The van der Waals surface area contributed by atoms with E-state index < -0.39 is 33.1 Å². The fraction of sp³-hybridized carbons (Fsp3) is 0.222. The Labute approximate surface area is 153 Å². The first-order chi connectivity index (χ1) is 12.9. The monoisotopic (exact) mass is 366 g/mol. The quantitative estimate of drug-likeness (QED) is 0.609. The lowest BCUT2D eigenvalue weighted by molar-refractivity contribution is -0.500. The first-order valence-electron chi connectivity index (χ1n) is 8.22. The third-order valence-corrected chi connectivity index (χ3v) is 5.25. The lowest BCUT2D eigenvalue weighted by Gasteiger charge is -2.13. The van der Waals surface area contributed by atoms with Crippen LogP contribution in [0.4, 0.5) is 11.4 Å². The summed E-state index contributed by atoms with van der Waals surface area (Å²) in [4.78, 5) is 34.7. The molecule has 0 N–H and O–H groups in total. The van der Waals surface area contributed by atoms with Gasteiger partial charge < -0.3 is 0 Å². The topological polar surface area (TPSA) is 119 Å². The van der Waals surface area contributed by atoms with Gasteiger partial charge in [-0.3, -0.25) is 25.0 Å². The van der Waals surface area contributed by atoms with Gasteiger partial charge in [-0.2, -0.15) is 10.1 Å². The van der Waals surface area contributed by atoms with Crippen molar-refractivity contribution >= 4 is 23.0 Å². The van der Waals surface area contributed by atoms with Crippen LogP contribution in [0, 0.1) is 25.6 Å². The number of para-hydroxylation sites is 1. The highest BCUT2D eigenvalue weighted by atomic mass is 16.6. The molecule has 2 aromatic carbocycles. The second-order valence-corrected chi connectivity index (χ2v) is 6.56. The Morgan fingerprint density at radius 3 is 2.22 bits per heavy atom. The number of benzene rings is 2. The van der Waals surface area contributed by atoms with Gasteiger partial charge in [-0.05, 0) is 24.6 Å². The van der Waals surface area contributed by atoms with Gasteiger partial charge in [0.15, 0.2) is 5.41 Å². The molecular weight excluding hydrogens is 352 g/mol. The average molecular weight is 366 g/mol. The highest BCUT2D eigenvalue weighted by molar-refractivity contribution is 6.22. The molecular formula is C18H14N4O5. The van der Waals surface area contributed by atoms with Crippen molar-refractivity contribution in [3.05, 3.63) is 80.4 Å². The van der Waals surface area contributed by atoms with Crippen LogP contribution in [0.15, 0.2) is 59.7 Å². The van der Waals surface area contributed by atoms with E-state index in [0.717, 1.165) is 0 Å². The molecule has 1 saturated carbocycles. The summed E-state index contributed by atoms with van der Waals surface area (Å²) in [6, 6.07) is 13.1. The number of hydrogen-bond donors (Lipinski definition) is 0. The maximum absolute atomic E-state index is 13.2. The minimum absolute atomic E-state index is 0.111. The molecule has 1 aliphatic carbocycles. The largest absolute Gasteiger partial charge is 0.271 e. The highest BCUT2D eigenvalue weighted by Crippen LogP contribution is 2.64. The Balaban J connectivity index is 1.75. The zero-order valence-electron chi connectivity index (χ0n) is 14.2. The van der Waals surface area contributed by atoms with Crippen molar-refractivity contribution in [2.75, 3.05) is 5.01 Å². The molecule has 3 unspecified atom stereocenters. The Hall–Kier alpha value is -3.62. The third-order valence-electron chi connectivity index (χ3n) is 5.25. The zero-order valence-corrected chi connectivity index (χ0v) is 14.2. The molecule has 27 heavy (non-hydrogen) atoms. The molecule has 1 spiro atoms. The summed E-state index contributed by atoms with van der Waals surface area (Å²) in [5.74, 6) is -1.16. The fourth-order valence-electron chi connectivity index (χ4n) is 3.96. The minimum atomic E-state index is -1.35. The van der Waals surface area contributed by atoms with Gasteiger partial charge >= 0.3 is 0 Å². The van der Waals surface area contributed by atoms with Gasteiger partial charge in [-0.15, -0.1) is 0 Å². The SMILES string of the molecule is CC1=NN(c2ccccc2)C(=O)C12C(c1ccc([N+](=O)[O-])cc1)C2[N+](=O)[O-]. The number of carbonyl (C=O) groups is 1. The predicted molar refractivity (Wildman–Crippen MR) is 96.1 cm³/mol. The summed E-state index contributed by atoms with van der Waals surface area (Å²) >= 11 is 0. The van der Waals surface area contributed by atoms with Crippen molar-refractivity contribution in [3.63, 3.8) is 0 Å². The molecule has 136 valence electrons. The first kappa shape index (κ1) is 16.8. The molecule has 2 aliphatic rings. The number of nitro groups is 2. The number of nitro benzene ring substituents is 1. The predicted octanol–water partition coefficient (Wildman–Crippen LogP) is 2.75. The number of non-ortho nitro benzene ring substituents is 1. The second-order valence-electron chi connectivity index (χ2n) is 6.56. The van der Waals surface area contributed by atoms with E-state index in [1.54, 1.807) is 37.3 Å². The third kappa shape index (κ3) is 2.24. The van der Waals surface area contributed by atoms with Gasteiger partial charge in [0.25, 0.3) is 11.6 Å². The molecule has 0 bridgehead atoms. The lowest BCUT2D eigenvalue weighted by Crippen LogP contribution is -2.33. The number of nitrogens with zero attached hydrogens (tertiary/aromatic N) is 4. The average Bonchev–Trinajstić information content (AvgIpc) is 3.31. The van der Waals surface area contributed by atoms with Crippen LogP contribution in [-0.2, 0) is 4.79 Å². The molecule has 0 saturated heterocycles. The van der Waals surface area contributed by atoms with Crippen LogP contribution in [-0.4, -0.2) is 27.5 Å². The Kier molecular flexibility index (Phi) is 3.55.